The number of carbonyl (C=O) groups is 1. The summed E-state index contributed by atoms with van der Waals surface area (Å²) in [5, 5.41) is 0. The summed E-state index contributed by atoms with van der Waals surface area (Å²) in [5.41, 5.74) is 3.19. The van der Waals surface area contributed by atoms with Crippen LogP contribution in [0, 0.1) is 6.92 Å². The maximum Gasteiger partial charge on any atom is 0.274 e. The van der Waals surface area contributed by atoms with Crippen LogP contribution in [0.2, 0.25) is 0 Å². The maximum atomic E-state index is 12.8. The van der Waals surface area contributed by atoms with Gasteiger partial charge in [-0.3, -0.25) is 9.63 Å². The van der Waals surface area contributed by atoms with Crippen LogP contribution in [0.5, 0.6) is 0 Å². The van der Waals surface area contributed by atoms with Gasteiger partial charge in [-0.15, -0.1) is 0 Å². The first kappa shape index (κ1) is 16.9. The number of sulfonamides is 1. The molecule has 0 saturated carbocycles. The highest BCUT2D eigenvalue weighted by Crippen LogP contribution is 2.24. The molecule has 1 aliphatic heterocycles. The summed E-state index contributed by atoms with van der Waals surface area (Å²) in [7, 11) is -3.56. The molecule has 1 saturated heterocycles. The lowest BCUT2D eigenvalue weighted by Gasteiger charge is -2.26. The third-order valence-corrected chi connectivity index (χ3v) is 5.73. The highest BCUT2D eigenvalue weighted by molar-refractivity contribution is 7.89. The first-order chi connectivity index (χ1) is 10.5. The van der Waals surface area contributed by atoms with Crippen LogP contribution in [0.4, 0.5) is 0 Å². The van der Waals surface area contributed by atoms with E-state index in [0.717, 1.165) is 19.3 Å². The number of aryl methyl sites for hydroxylation is 1. The standard InChI is InChI=1S/C15H22N2O4S/c1-3-21-16-15(18)13-8-7-12(2)14(11-13)22(19,20)17-9-5-4-6-10-17/h7-8,11H,3-6,9-10H2,1-2H3,(H,16,18). The van der Waals surface area contributed by atoms with E-state index < -0.39 is 15.9 Å². The van der Waals surface area contributed by atoms with Gasteiger partial charge in [-0.1, -0.05) is 12.5 Å². The van der Waals surface area contributed by atoms with Crippen molar-refractivity contribution < 1.29 is 18.0 Å². The molecule has 0 aromatic heterocycles. The first-order valence-electron chi connectivity index (χ1n) is 7.49. The monoisotopic (exact) mass is 326 g/mol. The molecule has 1 amide bonds. The first-order valence-corrected chi connectivity index (χ1v) is 8.93. The van der Waals surface area contributed by atoms with E-state index in [1.807, 2.05) is 0 Å². The Morgan fingerprint density at radius 2 is 1.95 bits per heavy atom. The number of benzene rings is 1. The van der Waals surface area contributed by atoms with Crippen LogP contribution in [-0.4, -0.2) is 38.3 Å². The van der Waals surface area contributed by atoms with E-state index in [0.29, 0.717) is 25.3 Å². The Morgan fingerprint density at radius 3 is 2.59 bits per heavy atom. The van der Waals surface area contributed by atoms with Crippen LogP contribution in [0.15, 0.2) is 23.1 Å². The molecule has 0 spiro atoms. The molecule has 0 unspecified atom stereocenters. The predicted octanol–water partition coefficient (Wildman–Crippen LogP) is 1.85. The predicted molar refractivity (Wildman–Crippen MR) is 82.9 cm³/mol. The molecule has 7 heteroatoms. The van der Waals surface area contributed by atoms with Crippen LogP contribution in [0.25, 0.3) is 0 Å². The van der Waals surface area contributed by atoms with Gasteiger partial charge in [0.2, 0.25) is 10.0 Å². The van der Waals surface area contributed by atoms with Gasteiger partial charge in [-0.2, -0.15) is 4.31 Å². The van der Waals surface area contributed by atoms with E-state index in [2.05, 4.69) is 5.48 Å². The number of piperidine rings is 1. The highest BCUT2D eigenvalue weighted by atomic mass is 32.2. The molecule has 1 aliphatic rings. The molecule has 1 fully saturated rings. The van der Waals surface area contributed by atoms with E-state index >= 15 is 0 Å². The third-order valence-electron chi connectivity index (χ3n) is 3.69. The molecule has 1 aromatic carbocycles. The molecular formula is C15H22N2O4S. The molecule has 1 aromatic rings. The Hall–Kier alpha value is -1.44. The minimum atomic E-state index is -3.56. The smallest absolute Gasteiger partial charge is 0.274 e. The lowest BCUT2D eigenvalue weighted by atomic mass is 10.1. The summed E-state index contributed by atoms with van der Waals surface area (Å²) in [5.74, 6) is -0.447. The number of hydroxylamine groups is 1. The van der Waals surface area contributed by atoms with Gasteiger partial charge in [0.05, 0.1) is 11.5 Å². The molecule has 1 heterocycles. The average molecular weight is 326 g/mol. The van der Waals surface area contributed by atoms with E-state index in [-0.39, 0.29) is 10.5 Å². The Kier molecular flexibility index (Phi) is 5.55. The van der Waals surface area contributed by atoms with Crippen molar-refractivity contribution in [1.82, 2.24) is 9.79 Å². The zero-order chi connectivity index (χ0) is 16.2. The van der Waals surface area contributed by atoms with Gasteiger partial charge in [0, 0.05) is 18.7 Å². The minimum Gasteiger partial charge on any atom is -0.274 e. The zero-order valence-corrected chi connectivity index (χ0v) is 13.8. The van der Waals surface area contributed by atoms with Crippen molar-refractivity contribution in [3.63, 3.8) is 0 Å². The fourth-order valence-electron chi connectivity index (χ4n) is 2.46. The van der Waals surface area contributed by atoms with Gasteiger partial charge in [0.1, 0.15) is 0 Å². The number of amides is 1. The van der Waals surface area contributed by atoms with Gasteiger partial charge >= 0.3 is 0 Å². The van der Waals surface area contributed by atoms with Crippen molar-refractivity contribution in [2.75, 3.05) is 19.7 Å². The molecule has 0 aliphatic carbocycles. The molecule has 2 rings (SSSR count). The molecule has 22 heavy (non-hydrogen) atoms. The second-order valence-electron chi connectivity index (χ2n) is 5.31. The van der Waals surface area contributed by atoms with E-state index in [9.17, 15) is 13.2 Å². The minimum absolute atomic E-state index is 0.193. The van der Waals surface area contributed by atoms with Gasteiger partial charge in [0.25, 0.3) is 5.91 Å². The zero-order valence-electron chi connectivity index (χ0n) is 13.0. The van der Waals surface area contributed by atoms with Crippen LogP contribution >= 0.6 is 0 Å². The highest BCUT2D eigenvalue weighted by Gasteiger charge is 2.28. The summed E-state index contributed by atoms with van der Waals surface area (Å²) in [4.78, 5) is 17.0. The molecule has 1 N–H and O–H groups in total. The van der Waals surface area contributed by atoms with E-state index in [1.54, 1.807) is 26.0 Å². The SMILES string of the molecule is CCONC(=O)c1ccc(C)c(S(=O)(=O)N2CCCCC2)c1. The van der Waals surface area contributed by atoms with Crippen molar-refractivity contribution in [1.29, 1.82) is 0 Å². The topological polar surface area (TPSA) is 75.7 Å². The van der Waals surface area contributed by atoms with Crippen molar-refractivity contribution in [2.24, 2.45) is 0 Å². The van der Waals surface area contributed by atoms with Crippen molar-refractivity contribution in [3.05, 3.63) is 29.3 Å². The number of nitrogens with one attached hydrogen (secondary N) is 1. The van der Waals surface area contributed by atoms with E-state index in [1.165, 1.54) is 10.4 Å². The lowest BCUT2D eigenvalue weighted by molar-refractivity contribution is 0.0364. The summed E-state index contributed by atoms with van der Waals surface area (Å²) in [6, 6.07) is 4.67. The fraction of sp³-hybridized carbons (Fsp3) is 0.533. The van der Waals surface area contributed by atoms with Crippen molar-refractivity contribution in [2.45, 2.75) is 38.0 Å². The third kappa shape index (κ3) is 3.66. The van der Waals surface area contributed by atoms with Gasteiger partial charge in [-0.05, 0) is 44.4 Å². The number of rotatable bonds is 5. The van der Waals surface area contributed by atoms with Crippen LogP contribution in [-0.2, 0) is 14.9 Å². The lowest BCUT2D eigenvalue weighted by Crippen LogP contribution is -2.36. The van der Waals surface area contributed by atoms with Crippen LogP contribution in [0.1, 0.15) is 42.1 Å². The van der Waals surface area contributed by atoms with E-state index in [4.69, 9.17) is 4.84 Å². The summed E-state index contributed by atoms with van der Waals surface area (Å²) in [6.45, 7) is 4.91. The number of hydrogen-bond donors (Lipinski definition) is 1. The molecule has 0 radical (unpaired) electrons. The van der Waals surface area contributed by atoms with Crippen molar-refractivity contribution in [3.8, 4) is 0 Å². The summed E-state index contributed by atoms with van der Waals surface area (Å²) < 4.78 is 27.0. The average Bonchev–Trinajstić information content (AvgIpc) is 2.53. The summed E-state index contributed by atoms with van der Waals surface area (Å²) >= 11 is 0. The second kappa shape index (κ2) is 7.21. The Balaban J connectivity index is 2.31. The van der Waals surface area contributed by atoms with Crippen LogP contribution in [0.3, 0.4) is 0 Å². The normalized spacial score (nSPS) is 16.5. The Morgan fingerprint density at radius 1 is 1.27 bits per heavy atom. The van der Waals surface area contributed by atoms with Crippen molar-refractivity contribution >= 4 is 15.9 Å². The number of nitrogens with zero attached hydrogens (tertiary/aromatic N) is 1. The molecule has 0 bridgehead atoms. The molecule has 0 atom stereocenters. The van der Waals surface area contributed by atoms with Crippen LogP contribution < -0.4 is 5.48 Å². The molecule has 6 nitrogen and oxygen atoms in total. The van der Waals surface area contributed by atoms with Gasteiger partial charge < -0.3 is 0 Å². The van der Waals surface area contributed by atoms with Gasteiger partial charge in [-0.25, -0.2) is 13.9 Å². The number of hydrogen-bond acceptors (Lipinski definition) is 4. The number of carbonyl (C=O) groups excluding carboxylic acids is 1. The quantitative estimate of drug-likeness (QED) is 0.838. The second-order valence-corrected chi connectivity index (χ2v) is 7.22. The Bertz CT molecular complexity index is 637. The Labute approximate surface area is 131 Å². The molecular weight excluding hydrogens is 304 g/mol. The summed E-state index contributed by atoms with van der Waals surface area (Å²) in [6.07, 6.45) is 2.81. The molecule has 122 valence electrons. The fourth-order valence-corrected chi connectivity index (χ4v) is 4.23. The maximum absolute atomic E-state index is 12.8. The largest absolute Gasteiger partial charge is 0.274 e. The van der Waals surface area contributed by atoms with Gasteiger partial charge in [0.15, 0.2) is 0 Å².